The third-order valence-corrected chi connectivity index (χ3v) is 4.76. The Kier molecular flexibility index (Phi) is 5.18. The van der Waals surface area contributed by atoms with Crippen LogP contribution in [0.3, 0.4) is 0 Å². The Hall–Kier alpha value is -2.53. The van der Waals surface area contributed by atoms with Gasteiger partial charge in [0.05, 0.1) is 11.4 Å². The van der Waals surface area contributed by atoms with Crippen LogP contribution in [0.4, 0.5) is 5.69 Å². The molecule has 136 valence electrons. The van der Waals surface area contributed by atoms with Gasteiger partial charge in [-0.1, -0.05) is 23.7 Å². The predicted octanol–water partition coefficient (Wildman–Crippen LogP) is 3.08. The molecule has 0 unspecified atom stereocenters. The lowest BCUT2D eigenvalue weighted by atomic mass is 10.1. The van der Waals surface area contributed by atoms with Crippen LogP contribution >= 0.6 is 11.6 Å². The van der Waals surface area contributed by atoms with E-state index in [2.05, 4.69) is 6.07 Å². The van der Waals surface area contributed by atoms with Crippen molar-refractivity contribution in [2.75, 3.05) is 24.5 Å². The van der Waals surface area contributed by atoms with Gasteiger partial charge in [-0.3, -0.25) is 9.59 Å². The van der Waals surface area contributed by atoms with Crippen LogP contribution in [0.5, 0.6) is 5.75 Å². The first-order valence-corrected chi connectivity index (χ1v) is 8.85. The molecule has 2 aromatic rings. The average Bonchev–Trinajstić information content (AvgIpc) is 2.57. The number of carbonyl (C=O) groups excluding carboxylic acids is 2. The van der Waals surface area contributed by atoms with Crippen LogP contribution < -0.4 is 4.90 Å². The molecule has 26 heavy (non-hydrogen) atoms. The average molecular weight is 373 g/mol. The first-order chi connectivity index (χ1) is 12.3. The van der Waals surface area contributed by atoms with Crippen LogP contribution in [0.25, 0.3) is 0 Å². The molecule has 2 amide bonds. The van der Waals surface area contributed by atoms with Crippen LogP contribution in [0.15, 0.2) is 36.4 Å². The van der Waals surface area contributed by atoms with E-state index in [1.165, 1.54) is 6.07 Å². The first-order valence-electron chi connectivity index (χ1n) is 8.47. The first kappa shape index (κ1) is 18.3. The molecule has 0 atom stereocenters. The van der Waals surface area contributed by atoms with Crippen molar-refractivity contribution >= 4 is 29.1 Å². The van der Waals surface area contributed by atoms with Crippen LogP contribution in [-0.4, -0.2) is 41.5 Å². The molecule has 0 bridgehead atoms. The maximum Gasteiger partial charge on any atom is 0.246 e. The van der Waals surface area contributed by atoms with Gasteiger partial charge < -0.3 is 14.9 Å². The molecule has 1 N–H and O–H groups in total. The molecule has 1 fully saturated rings. The molecule has 0 aliphatic carbocycles. The monoisotopic (exact) mass is 372 g/mol. The SMILES string of the molecule is Cc1cc(C)cc(N2CCN(C(=O)Cc3ccc(O)c(Cl)c3)CC2=O)c1. The van der Waals surface area contributed by atoms with Crippen molar-refractivity contribution in [2.24, 2.45) is 0 Å². The highest BCUT2D eigenvalue weighted by molar-refractivity contribution is 6.32. The van der Waals surface area contributed by atoms with E-state index in [0.717, 1.165) is 16.8 Å². The molecular weight excluding hydrogens is 352 g/mol. The number of amides is 2. The number of aryl methyl sites for hydroxylation is 2. The molecule has 5 nitrogen and oxygen atoms in total. The summed E-state index contributed by atoms with van der Waals surface area (Å²) in [5.74, 6) is -0.223. The Balaban J connectivity index is 1.67. The van der Waals surface area contributed by atoms with Gasteiger partial charge >= 0.3 is 0 Å². The number of nitrogens with zero attached hydrogens (tertiary/aromatic N) is 2. The summed E-state index contributed by atoms with van der Waals surface area (Å²) in [6.45, 7) is 5.04. The summed E-state index contributed by atoms with van der Waals surface area (Å²) in [7, 11) is 0. The van der Waals surface area contributed by atoms with Gasteiger partial charge in [-0.05, 0) is 54.8 Å². The van der Waals surface area contributed by atoms with Crippen LogP contribution in [0.2, 0.25) is 5.02 Å². The highest BCUT2D eigenvalue weighted by atomic mass is 35.5. The van der Waals surface area contributed by atoms with Crippen molar-refractivity contribution in [1.82, 2.24) is 4.90 Å². The van der Waals surface area contributed by atoms with Crippen molar-refractivity contribution in [1.29, 1.82) is 0 Å². The van der Waals surface area contributed by atoms with Gasteiger partial charge in [0.1, 0.15) is 12.3 Å². The van der Waals surface area contributed by atoms with Gasteiger partial charge in [0.25, 0.3) is 0 Å². The Morgan fingerprint density at radius 3 is 2.42 bits per heavy atom. The zero-order valence-electron chi connectivity index (χ0n) is 14.8. The van der Waals surface area contributed by atoms with Gasteiger partial charge in [0.15, 0.2) is 0 Å². The van der Waals surface area contributed by atoms with Crippen molar-refractivity contribution < 1.29 is 14.7 Å². The number of halogens is 1. The number of phenols is 1. The third kappa shape index (κ3) is 3.99. The van der Waals surface area contributed by atoms with Crippen molar-refractivity contribution in [2.45, 2.75) is 20.3 Å². The van der Waals surface area contributed by atoms with Gasteiger partial charge in [-0.2, -0.15) is 0 Å². The topological polar surface area (TPSA) is 60.9 Å². The molecule has 1 aliphatic rings. The standard InChI is InChI=1S/C20H21ClN2O3/c1-13-7-14(2)9-16(8-13)23-6-5-22(12-20(23)26)19(25)11-15-3-4-18(24)17(21)10-15/h3-4,7-10,24H,5-6,11-12H2,1-2H3. The fraction of sp³-hybridized carbons (Fsp3) is 0.300. The molecule has 2 aromatic carbocycles. The summed E-state index contributed by atoms with van der Waals surface area (Å²) in [5, 5.41) is 9.67. The van der Waals surface area contributed by atoms with Crippen LogP contribution in [0.1, 0.15) is 16.7 Å². The molecule has 3 rings (SSSR count). The molecule has 6 heteroatoms. The number of benzene rings is 2. The van der Waals surface area contributed by atoms with E-state index in [1.807, 2.05) is 26.0 Å². The Bertz CT molecular complexity index is 846. The lowest BCUT2D eigenvalue weighted by Crippen LogP contribution is -2.52. The minimum Gasteiger partial charge on any atom is -0.506 e. The number of anilines is 1. The lowest BCUT2D eigenvalue weighted by Gasteiger charge is -2.34. The highest BCUT2D eigenvalue weighted by Gasteiger charge is 2.28. The van der Waals surface area contributed by atoms with Gasteiger partial charge in [-0.15, -0.1) is 0 Å². The fourth-order valence-electron chi connectivity index (χ4n) is 3.21. The molecule has 0 spiro atoms. The van der Waals surface area contributed by atoms with E-state index < -0.39 is 0 Å². The van der Waals surface area contributed by atoms with Gasteiger partial charge in [0.2, 0.25) is 11.8 Å². The maximum atomic E-state index is 12.6. The van der Waals surface area contributed by atoms with E-state index in [4.69, 9.17) is 11.6 Å². The summed E-state index contributed by atoms with van der Waals surface area (Å²) in [6, 6.07) is 10.7. The van der Waals surface area contributed by atoms with Crippen LogP contribution in [-0.2, 0) is 16.0 Å². The largest absolute Gasteiger partial charge is 0.506 e. The normalized spacial score (nSPS) is 14.7. The minimum absolute atomic E-state index is 0.0138. The molecule has 1 aliphatic heterocycles. The summed E-state index contributed by atoms with van der Waals surface area (Å²) in [4.78, 5) is 28.4. The molecule has 0 saturated carbocycles. The van der Waals surface area contributed by atoms with Crippen LogP contribution in [0, 0.1) is 13.8 Å². The lowest BCUT2D eigenvalue weighted by molar-refractivity contribution is -0.136. The van der Waals surface area contributed by atoms with E-state index >= 15 is 0 Å². The zero-order chi connectivity index (χ0) is 18.8. The summed E-state index contributed by atoms with van der Waals surface area (Å²) >= 11 is 5.88. The second-order valence-corrected chi connectivity index (χ2v) is 7.08. The summed E-state index contributed by atoms with van der Waals surface area (Å²) in [6.07, 6.45) is 0.150. The number of aromatic hydroxyl groups is 1. The Morgan fingerprint density at radius 2 is 1.81 bits per heavy atom. The molecule has 0 radical (unpaired) electrons. The maximum absolute atomic E-state index is 12.6. The predicted molar refractivity (Wildman–Crippen MR) is 102 cm³/mol. The van der Waals surface area contributed by atoms with Crippen molar-refractivity contribution in [3.8, 4) is 5.75 Å². The number of piperazine rings is 1. The second-order valence-electron chi connectivity index (χ2n) is 6.67. The molecule has 0 aromatic heterocycles. The number of hydrogen-bond acceptors (Lipinski definition) is 3. The summed E-state index contributed by atoms with van der Waals surface area (Å²) < 4.78 is 0. The minimum atomic E-state index is -0.125. The Morgan fingerprint density at radius 1 is 1.12 bits per heavy atom. The smallest absolute Gasteiger partial charge is 0.246 e. The van der Waals surface area contributed by atoms with Crippen molar-refractivity contribution in [3.63, 3.8) is 0 Å². The number of rotatable bonds is 3. The Labute approximate surface area is 157 Å². The highest BCUT2D eigenvalue weighted by Crippen LogP contribution is 2.25. The number of carbonyl (C=O) groups is 2. The van der Waals surface area contributed by atoms with E-state index in [0.29, 0.717) is 18.7 Å². The fourth-order valence-corrected chi connectivity index (χ4v) is 3.42. The van der Waals surface area contributed by atoms with Gasteiger partial charge in [-0.25, -0.2) is 0 Å². The van der Waals surface area contributed by atoms with E-state index in [-0.39, 0.29) is 35.6 Å². The molecular formula is C20H21ClN2O3. The van der Waals surface area contributed by atoms with Gasteiger partial charge in [0, 0.05) is 18.8 Å². The van der Waals surface area contributed by atoms with E-state index in [1.54, 1.807) is 21.9 Å². The third-order valence-electron chi connectivity index (χ3n) is 4.46. The van der Waals surface area contributed by atoms with Crippen molar-refractivity contribution in [3.05, 3.63) is 58.1 Å². The zero-order valence-corrected chi connectivity index (χ0v) is 15.6. The quantitative estimate of drug-likeness (QED) is 0.900. The number of phenolic OH excluding ortho intramolecular Hbond substituents is 1. The summed E-state index contributed by atoms with van der Waals surface area (Å²) in [5.41, 5.74) is 3.80. The number of hydrogen-bond donors (Lipinski definition) is 1. The molecule has 1 heterocycles. The second kappa shape index (κ2) is 7.38. The molecule has 1 saturated heterocycles. The van der Waals surface area contributed by atoms with E-state index in [9.17, 15) is 14.7 Å².